The standard InChI is InChI=1S/C15H22FN3O4S.ClH/c1-15(2,3)19-24(21,22)13-8-10(4-5-11(13)16)18-14(20)12-9-17-6-7-23-12;/h4-5,8,12,17,19H,6-7,9H2,1-3H3,(H,18,20);1H. The lowest BCUT2D eigenvalue weighted by Crippen LogP contribution is -2.45. The van der Waals surface area contributed by atoms with E-state index in [0.29, 0.717) is 19.7 Å². The number of carbonyl (C=O) groups is 1. The normalized spacial score (nSPS) is 18.3. The van der Waals surface area contributed by atoms with Crippen molar-refractivity contribution in [2.75, 3.05) is 25.0 Å². The van der Waals surface area contributed by atoms with Gasteiger partial charge in [-0.15, -0.1) is 12.4 Å². The smallest absolute Gasteiger partial charge is 0.254 e. The van der Waals surface area contributed by atoms with Gasteiger partial charge in [-0.3, -0.25) is 4.79 Å². The molecule has 7 nitrogen and oxygen atoms in total. The third-order valence-electron chi connectivity index (χ3n) is 3.15. The van der Waals surface area contributed by atoms with Crippen molar-refractivity contribution in [3.05, 3.63) is 24.0 Å². The second kappa shape index (κ2) is 8.41. The quantitative estimate of drug-likeness (QED) is 0.713. The maximum atomic E-state index is 14.0. The van der Waals surface area contributed by atoms with E-state index in [-0.39, 0.29) is 18.1 Å². The molecule has 1 saturated heterocycles. The number of benzene rings is 1. The summed E-state index contributed by atoms with van der Waals surface area (Å²) in [4.78, 5) is 11.6. The molecular weight excluding hydrogens is 373 g/mol. The van der Waals surface area contributed by atoms with Crippen molar-refractivity contribution in [3.8, 4) is 0 Å². The summed E-state index contributed by atoms with van der Waals surface area (Å²) >= 11 is 0. The average Bonchev–Trinajstić information content (AvgIpc) is 2.47. The number of amides is 1. The molecule has 0 saturated carbocycles. The molecule has 1 aromatic rings. The Labute approximate surface area is 153 Å². The van der Waals surface area contributed by atoms with Crippen molar-refractivity contribution in [1.82, 2.24) is 10.0 Å². The highest BCUT2D eigenvalue weighted by Gasteiger charge is 2.26. The summed E-state index contributed by atoms with van der Waals surface area (Å²) in [7, 11) is -4.05. The van der Waals surface area contributed by atoms with Crippen LogP contribution in [-0.4, -0.2) is 45.7 Å². The zero-order valence-corrected chi connectivity index (χ0v) is 15.9. The van der Waals surface area contributed by atoms with E-state index in [1.165, 1.54) is 6.07 Å². The fourth-order valence-corrected chi connectivity index (χ4v) is 3.72. The molecule has 1 atom stereocenters. The van der Waals surface area contributed by atoms with Gasteiger partial charge in [0.2, 0.25) is 10.0 Å². The molecule has 142 valence electrons. The molecule has 1 unspecified atom stereocenters. The van der Waals surface area contributed by atoms with E-state index in [9.17, 15) is 17.6 Å². The van der Waals surface area contributed by atoms with Gasteiger partial charge in [0, 0.05) is 24.3 Å². The number of carbonyl (C=O) groups excluding carboxylic acids is 1. The average molecular weight is 396 g/mol. The zero-order chi connectivity index (χ0) is 18.0. The predicted molar refractivity (Wildman–Crippen MR) is 95.0 cm³/mol. The summed E-state index contributed by atoms with van der Waals surface area (Å²) in [5, 5.41) is 5.57. The van der Waals surface area contributed by atoms with E-state index in [1.54, 1.807) is 20.8 Å². The van der Waals surface area contributed by atoms with Crippen molar-refractivity contribution < 1.29 is 22.3 Å². The van der Waals surface area contributed by atoms with Crippen LogP contribution >= 0.6 is 12.4 Å². The summed E-state index contributed by atoms with van der Waals surface area (Å²) in [6.45, 7) is 6.41. The lowest BCUT2D eigenvalue weighted by molar-refractivity contribution is -0.128. The van der Waals surface area contributed by atoms with Crippen molar-refractivity contribution >= 4 is 34.0 Å². The van der Waals surface area contributed by atoms with Crippen LogP contribution in [0.25, 0.3) is 0 Å². The van der Waals surface area contributed by atoms with E-state index in [0.717, 1.165) is 12.1 Å². The minimum atomic E-state index is -4.05. The molecule has 1 aliphatic rings. The monoisotopic (exact) mass is 395 g/mol. The number of rotatable bonds is 4. The minimum Gasteiger partial charge on any atom is -0.366 e. The highest BCUT2D eigenvalue weighted by atomic mass is 35.5. The van der Waals surface area contributed by atoms with Crippen molar-refractivity contribution in [2.45, 2.75) is 37.3 Å². The van der Waals surface area contributed by atoms with Crippen molar-refractivity contribution in [3.63, 3.8) is 0 Å². The second-order valence-corrected chi connectivity index (χ2v) is 8.20. The first-order chi connectivity index (χ1) is 11.1. The highest BCUT2D eigenvalue weighted by molar-refractivity contribution is 7.89. The summed E-state index contributed by atoms with van der Waals surface area (Å²) < 4.78 is 46.3. The molecule has 1 amide bonds. The molecule has 25 heavy (non-hydrogen) atoms. The van der Waals surface area contributed by atoms with Crippen molar-refractivity contribution in [2.24, 2.45) is 0 Å². The lowest BCUT2D eigenvalue weighted by Gasteiger charge is -2.23. The molecule has 0 radical (unpaired) electrons. The largest absolute Gasteiger partial charge is 0.366 e. The Kier molecular flexibility index (Phi) is 7.33. The summed E-state index contributed by atoms with van der Waals surface area (Å²) in [6, 6.07) is 3.41. The number of sulfonamides is 1. The Morgan fingerprint density at radius 1 is 1.36 bits per heavy atom. The maximum absolute atomic E-state index is 14.0. The van der Waals surface area contributed by atoms with Gasteiger partial charge in [0.15, 0.2) is 0 Å². The van der Waals surface area contributed by atoms with Crippen LogP contribution in [0, 0.1) is 5.82 Å². The van der Waals surface area contributed by atoms with Gasteiger partial charge in [0.1, 0.15) is 16.8 Å². The molecule has 3 N–H and O–H groups in total. The van der Waals surface area contributed by atoms with Gasteiger partial charge in [-0.2, -0.15) is 0 Å². The summed E-state index contributed by atoms with van der Waals surface area (Å²) in [6.07, 6.45) is -0.670. The van der Waals surface area contributed by atoms with Gasteiger partial charge >= 0.3 is 0 Å². The van der Waals surface area contributed by atoms with Gasteiger partial charge in [-0.1, -0.05) is 0 Å². The molecule has 1 aromatic carbocycles. The number of hydrogen-bond acceptors (Lipinski definition) is 5. The lowest BCUT2D eigenvalue weighted by atomic mass is 10.1. The van der Waals surface area contributed by atoms with Crippen LogP contribution < -0.4 is 15.4 Å². The molecule has 10 heteroatoms. The van der Waals surface area contributed by atoms with E-state index >= 15 is 0 Å². The van der Waals surface area contributed by atoms with Gasteiger partial charge in [0.05, 0.1) is 6.61 Å². The van der Waals surface area contributed by atoms with Crippen LogP contribution in [0.3, 0.4) is 0 Å². The molecule has 1 fully saturated rings. The maximum Gasteiger partial charge on any atom is 0.254 e. The van der Waals surface area contributed by atoms with E-state index in [2.05, 4.69) is 15.4 Å². The molecule has 1 aliphatic heterocycles. The molecule has 0 bridgehead atoms. The summed E-state index contributed by atoms with van der Waals surface area (Å²) in [5.41, 5.74) is -0.573. The third-order valence-corrected chi connectivity index (χ3v) is 4.92. The topological polar surface area (TPSA) is 96.5 Å². The van der Waals surface area contributed by atoms with Crippen LogP contribution in [-0.2, 0) is 19.6 Å². The molecule has 0 spiro atoms. The van der Waals surface area contributed by atoms with Crippen LogP contribution in [0.4, 0.5) is 10.1 Å². The van der Waals surface area contributed by atoms with E-state index < -0.39 is 38.3 Å². The second-order valence-electron chi connectivity index (χ2n) is 6.55. The molecule has 0 aromatic heterocycles. The highest BCUT2D eigenvalue weighted by Crippen LogP contribution is 2.21. The Hall–Kier alpha value is -1.26. The zero-order valence-electron chi connectivity index (χ0n) is 14.3. The number of ether oxygens (including phenoxy) is 1. The van der Waals surface area contributed by atoms with Gasteiger partial charge in [-0.25, -0.2) is 17.5 Å². The Morgan fingerprint density at radius 2 is 2.04 bits per heavy atom. The van der Waals surface area contributed by atoms with Gasteiger partial charge < -0.3 is 15.4 Å². The molecule has 2 rings (SSSR count). The SMILES string of the molecule is CC(C)(C)NS(=O)(=O)c1cc(NC(=O)C2CNCCO2)ccc1F.Cl. The van der Waals surface area contributed by atoms with E-state index in [1.807, 2.05) is 0 Å². The van der Waals surface area contributed by atoms with E-state index in [4.69, 9.17) is 4.74 Å². The van der Waals surface area contributed by atoms with Crippen LogP contribution in [0.2, 0.25) is 0 Å². The molecule has 1 heterocycles. The van der Waals surface area contributed by atoms with Crippen molar-refractivity contribution in [1.29, 1.82) is 0 Å². The first-order valence-corrected chi connectivity index (χ1v) is 9.03. The number of anilines is 1. The van der Waals surface area contributed by atoms with Gasteiger partial charge in [0.25, 0.3) is 5.91 Å². The Bertz CT molecular complexity index is 716. The van der Waals surface area contributed by atoms with Crippen LogP contribution in [0.15, 0.2) is 23.1 Å². The Balaban J connectivity index is 0.00000312. The predicted octanol–water partition coefficient (Wildman–Crippen LogP) is 1.25. The number of hydrogen-bond donors (Lipinski definition) is 3. The van der Waals surface area contributed by atoms with Gasteiger partial charge in [-0.05, 0) is 39.0 Å². The first-order valence-electron chi connectivity index (χ1n) is 7.55. The molecule has 0 aliphatic carbocycles. The third kappa shape index (κ3) is 6.19. The minimum absolute atomic E-state index is 0. The fourth-order valence-electron chi connectivity index (χ4n) is 2.20. The van der Waals surface area contributed by atoms with Crippen LogP contribution in [0.1, 0.15) is 20.8 Å². The number of morpholine rings is 1. The molecular formula is C15H23ClFN3O4S. The number of nitrogens with one attached hydrogen (secondary N) is 3. The summed E-state index contributed by atoms with van der Waals surface area (Å²) in [5.74, 6) is -1.30. The first kappa shape index (κ1) is 21.8. The Morgan fingerprint density at radius 3 is 2.60 bits per heavy atom. The number of halogens is 2. The fraction of sp³-hybridized carbons (Fsp3) is 0.533. The van der Waals surface area contributed by atoms with Crippen LogP contribution in [0.5, 0.6) is 0 Å².